The van der Waals surface area contributed by atoms with Crippen LogP contribution in [0.3, 0.4) is 0 Å². The number of nitrogens with zero attached hydrogens (tertiary/aromatic N) is 6. The average Bonchev–Trinajstić information content (AvgIpc) is 4.08. The minimum atomic E-state index is -0.910. The summed E-state index contributed by atoms with van der Waals surface area (Å²) >= 11 is 0. The first-order chi connectivity index (χ1) is 25.6. The summed E-state index contributed by atoms with van der Waals surface area (Å²) in [5, 5.41) is 11.8. The predicted molar refractivity (Wildman–Crippen MR) is 205 cm³/mol. The first-order valence-electron chi connectivity index (χ1n) is 18.7. The minimum Gasteiger partial charge on any atom is -0.478 e. The molecule has 0 spiro atoms. The predicted octanol–water partition coefficient (Wildman–Crippen LogP) is 8.60. The lowest BCUT2D eigenvalue weighted by Crippen LogP contribution is -2.09. The lowest BCUT2D eigenvalue weighted by atomic mass is 10.0. The van der Waals surface area contributed by atoms with Crippen LogP contribution in [-0.2, 0) is 30.7 Å². The van der Waals surface area contributed by atoms with Crippen molar-refractivity contribution in [3.63, 3.8) is 0 Å². The molecule has 1 N–H and O–H groups in total. The zero-order valence-electron chi connectivity index (χ0n) is 31.2. The van der Waals surface area contributed by atoms with Crippen molar-refractivity contribution >= 4 is 34.0 Å². The molecule has 0 saturated heterocycles. The first kappa shape index (κ1) is 36.0. The van der Waals surface area contributed by atoms with Crippen molar-refractivity contribution in [2.75, 3.05) is 7.11 Å². The van der Waals surface area contributed by atoms with Gasteiger partial charge in [-0.05, 0) is 108 Å². The number of rotatable bonds is 12. The Balaban J connectivity index is 0.000000164. The van der Waals surface area contributed by atoms with Crippen molar-refractivity contribution in [1.82, 2.24) is 29.1 Å². The molecule has 2 aliphatic carbocycles. The van der Waals surface area contributed by atoms with E-state index in [9.17, 15) is 14.7 Å². The molecule has 6 aromatic heterocycles. The number of carbonyl (C=O) groups is 2. The number of carboxylic acid groups (broad SMARTS) is 1. The van der Waals surface area contributed by atoms with Crippen LogP contribution in [0, 0.1) is 11.8 Å². The van der Waals surface area contributed by atoms with Crippen LogP contribution in [0.15, 0.2) is 73.6 Å². The van der Waals surface area contributed by atoms with Crippen LogP contribution in [0.25, 0.3) is 22.1 Å². The number of carbonyl (C=O) groups excluding carboxylic acids is 1. The number of hydrogen-bond donors (Lipinski definition) is 1. The van der Waals surface area contributed by atoms with Gasteiger partial charge >= 0.3 is 11.9 Å². The smallest absolute Gasteiger partial charge is 0.339 e. The Morgan fingerprint density at radius 3 is 1.57 bits per heavy atom. The maximum absolute atomic E-state index is 12.3. The van der Waals surface area contributed by atoms with Gasteiger partial charge in [0.2, 0.25) is 0 Å². The Morgan fingerprint density at radius 1 is 0.698 bits per heavy atom. The van der Waals surface area contributed by atoms with Gasteiger partial charge in [-0.15, -0.1) is 0 Å². The second-order valence-corrected chi connectivity index (χ2v) is 15.5. The van der Waals surface area contributed by atoms with Crippen LogP contribution < -0.4 is 0 Å². The quantitative estimate of drug-likeness (QED) is 0.125. The third kappa shape index (κ3) is 8.48. The van der Waals surface area contributed by atoms with Crippen LogP contribution >= 0.6 is 0 Å². The molecular formula is C43H48N6O4. The highest BCUT2D eigenvalue weighted by molar-refractivity contribution is 5.91. The van der Waals surface area contributed by atoms with Gasteiger partial charge in [-0.2, -0.15) is 0 Å². The summed E-state index contributed by atoms with van der Waals surface area (Å²) < 4.78 is 9.33. The zero-order chi connectivity index (χ0) is 37.2. The highest BCUT2D eigenvalue weighted by Gasteiger charge is 2.27. The molecule has 6 aromatic rings. The maximum Gasteiger partial charge on any atom is 0.339 e. The Morgan fingerprint density at radius 2 is 1.15 bits per heavy atom. The fraction of sp³-hybridized carbons (Fsp3) is 0.395. The van der Waals surface area contributed by atoms with E-state index in [0.29, 0.717) is 53.3 Å². The number of esters is 1. The Hall–Kier alpha value is -5.38. The van der Waals surface area contributed by atoms with E-state index in [4.69, 9.17) is 4.74 Å². The molecule has 2 fully saturated rings. The number of ether oxygens (including phenoxy) is 1. The van der Waals surface area contributed by atoms with Gasteiger partial charge in [-0.25, -0.2) is 19.6 Å². The molecule has 0 aliphatic heterocycles. The first-order valence-corrected chi connectivity index (χ1v) is 18.7. The second kappa shape index (κ2) is 15.3. The third-order valence-electron chi connectivity index (χ3n) is 9.90. The molecule has 10 heteroatoms. The second-order valence-electron chi connectivity index (χ2n) is 15.5. The molecule has 0 atom stereocenters. The van der Waals surface area contributed by atoms with Crippen LogP contribution in [0.2, 0.25) is 0 Å². The molecule has 2 saturated carbocycles. The van der Waals surface area contributed by atoms with Crippen molar-refractivity contribution in [2.45, 2.75) is 91.1 Å². The lowest BCUT2D eigenvalue weighted by molar-refractivity contribution is 0.0598. The number of pyridine rings is 4. The summed E-state index contributed by atoms with van der Waals surface area (Å²) in [4.78, 5) is 42.3. The summed E-state index contributed by atoms with van der Waals surface area (Å²) in [6.07, 6.45) is 17.3. The SMILES string of the molecule is CC(C)Cn1ccc2cc(Cc3ncc(C4CC4)cc3C(=O)O)cnc21.COC(=O)c1cc(C2CC2)cnc1Cc1cnc2c(ccn2CC(C)C)c1. The fourth-order valence-electron chi connectivity index (χ4n) is 6.96. The topological polar surface area (TPSA) is 125 Å². The van der Waals surface area contributed by atoms with E-state index in [0.717, 1.165) is 75.9 Å². The molecule has 53 heavy (non-hydrogen) atoms. The molecule has 6 heterocycles. The van der Waals surface area contributed by atoms with E-state index < -0.39 is 5.97 Å². The summed E-state index contributed by atoms with van der Waals surface area (Å²) in [6.45, 7) is 10.7. The number of carboxylic acids is 1. The largest absolute Gasteiger partial charge is 0.478 e. The summed E-state index contributed by atoms with van der Waals surface area (Å²) in [7, 11) is 1.42. The van der Waals surface area contributed by atoms with Crippen molar-refractivity contribution in [2.24, 2.45) is 11.8 Å². The van der Waals surface area contributed by atoms with Crippen molar-refractivity contribution in [3.05, 3.63) is 118 Å². The molecule has 10 nitrogen and oxygen atoms in total. The van der Waals surface area contributed by atoms with Crippen LogP contribution in [0.4, 0.5) is 0 Å². The van der Waals surface area contributed by atoms with Gasteiger partial charge in [0, 0.05) is 73.9 Å². The minimum absolute atomic E-state index is 0.312. The van der Waals surface area contributed by atoms with Crippen molar-refractivity contribution in [3.8, 4) is 0 Å². The average molecular weight is 713 g/mol. The molecule has 274 valence electrons. The molecular weight excluding hydrogens is 665 g/mol. The van der Waals surface area contributed by atoms with E-state index in [1.807, 2.05) is 30.9 Å². The third-order valence-corrected chi connectivity index (χ3v) is 9.90. The normalized spacial score (nSPS) is 14.2. The van der Waals surface area contributed by atoms with E-state index in [1.54, 1.807) is 6.07 Å². The lowest BCUT2D eigenvalue weighted by Gasteiger charge is -2.10. The molecule has 2 aliphatic rings. The van der Waals surface area contributed by atoms with Crippen molar-refractivity contribution in [1.29, 1.82) is 0 Å². The highest BCUT2D eigenvalue weighted by Crippen LogP contribution is 2.41. The van der Waals surface area contributed by atoms with Crippen LogP contribution in [0.1, 0.15) is 120 Å². The number of aromatic nitrogens is 6. The Kier molecular flexibility index (Phi) is 10.4. The van der Waals surface area contributed by atoms with E-state index in [1.165, 1.54) is 20.0 Å². The molecule has 0 amide bonds. The van der Waals surface area contributed by atoms with E-state index >= 15 is 0 Å². The number of hydrogen-bond acceptors (Lipinski definition) is 7. The van der Waals surface area contributed by atoms with Gasteiger partial charge in [0.05, 0.1) is 29.6 Å². The van der Waals surface area contributed by atoms with Gasteiger partial charge in [-0.1, -0.05) is 27.7 Å². The monoisotopic (exact) mass is 712 g/mol. The van der Waals surface area contributed by atoms with Gasteiger partial charge in [0.1, 0.15) is 11.3 Å². The summed E-state index contributed by atoms with van der Waals surface area (Å²) in [6, 6.07) is 12.1. The highest BCUT2D eigenvalue weighted by atomic mass is 16.5. The molecule has 0 aromatic carbocycles. The molecule has 0 bridgehead atoms. The van der Waals surface area contributed by atoms with E-state index in [2.05, 4.69) is 93.4 Å². The number of methoxy groups -OCH3 is 1. The molecule has 8 rings (SSSR count). The van der Waals surface area contributed by atoms with Crippen molar-refractivity contribution < 1.29 is 19.4 Å². The van der Waals surface area contributed by atoms with E-state index in [-0.39, 0.29) is 5.97 Å². The fourth-order valence-corrected chi connectivity index (χ4v) is 6.96. The van der Waals surface area contributed by atoms with Crippen LogP contribution in [0.5, 0.6) is 0 Å². The Bertz CT molecular complexity index is 2280. The van der Waals surface area contributed by atoms with Gasteiger partial charge in [0.15, 0.2) is 0 Å². The van der Waals surface area contributed by atoms with Gasteiger partial charge < -0.3 is 19.0 Å². The zero-order valence-corrected chi connectivity index (χ0v) is 31.2. The van der Waals surface area contributed by atoms with Gasteiger partial charge in [0.25, 0.3) is 0 Å². The number of aromatic carboxylic acids is 1. The molecule has 0 unspecified atom stereocenters. The molecule has 0 radical (unpaired) electrons. The van der Waals surface area contributed by atoms with Crippen LogP contribution in [-0.4, -0.2) is 53.2 Å². The standard InChI is InChI=1S/C22H25N3O2.C21H23N3O2/c1-14(2)13-25-7-6-17-8-15(11-24-21(17)25)9-20-19(22(26)27-3)10-18(12-23-20)16-4-5-16;1-13(2)12-24-6-5-16-7-14(10-23-20(16)24)8-19-18(21(25)26)9-17(11-22-19)15-3-4-15/h6-8,10-12,14,16H,4-5,9,13H2,1-3H3;5-7,9-11,13,15H,3-4,8,12H2,1-2H3,(H,25,26). The van der Waals surface area contributed by atoms with Gasteiger partial charge in [-0.3, -0.25) is 9.97 Å². The summed E-state index contributed by atoms with van der Waals surface area (Å²) in [5.41, 5.74) is 8.40. The summed E-state index contributed by atoms with van der Waals surface area (Å²) in [5.74, 6) is 0.935. The Labute approximate surface area is 310 Å². The maximum atomic E-state index is 12.3. The number of fused-ring (bicyclic) bond motifs is 2.